The molecule has 0 aliphatic rings. The zero-order chi connectivity index (χ0) is 16.1. The van der Waals surface area contributed by atoms with Gasteiger partial charge in [0.1, 0.15) is 5.75 Å². The molecule has 22 heavy (non-hydrogen) atoms. The maximum atomic E-state index is 11.9. The summed E-state index contributed by atoms with van der Waals surface area (Å²) in [5, 5.41) is 3.33. The van der Waals surface area contributed by atoms with E-state index in [1.54, 1.807) is 42.5 Å². The van der Waals surface area contributed by atoms with Crippen molar-refractivity contribution in [1.82, 2.24) is 0 Å². The third-order valence-electron chi connectivity index (χ3n) is 3.15. The van der Waals surface area contributed by atoms with Gasteiger partial charge < -0.3 is 10.1 Å². The Labute approximate surface area is 134 Å². The standard InChI is InChI=1S/C17H16ClNO3/c1-11-15(18)7-4-8-16(11)19-17(21)10-22-14-6-3-5-13(9-14)12(2)20/h3-9H,10H2,1-2H3,(H,19,21). The van der Waals surface area contributed by atoms with Crippen molar-refractivity contribution in [3.63, 3.8) is 0 Å². The first-order valence-electron chi connectivity index (χ1n) is 6.76. The summed E-state index contributed by atoms with van der Waals surface area (Å²) >= 11 is 6.00. The molecule has 0 saturated carbocycles. The van der Waals surface area contributed by atoms with Crippen LogP contribution in [0.15, 0.2) is 42.5 Å². The van der Waals surface area contributed by atoms with Crippen LogP contribution in [-0.2, 0) is 4.79 Å². The lowest BCUT2D eigenvalue weighted by Crippen LogP contribution is -2.20. The predicted molar refractivity (Wildman–Crippen MR) is 86.8 cm³/mol. The van der Waals surface area contributed by atoms with Crippen molar-refractivity contribution in [1.29, 1.82) is 0 Å². The number of benzene rings is 2. The van der Waals surface area contributed by atoms with Gasteiger partial charge in [-0.3, -0.25) is 9.59 Å². The zero-order valence-electron chi connectivity index (χ0n) is 12.4. The summed E-state index contributed by atoms with van der Waals surface area (Å²) in [6.45, 7) is 3.16. The summed E-state index contributed by atoms with van der Waals surface area (Å²) in [6.07, 6.45) is 0. The lowest BCUT2D eigenvalue weighted by Gasteiger charge is -2.10. The van der Waals surface area contributed by atoms with Gasteiger partial charge in [0.2, 0.25) is 0 Å². The predicted octanol–water partition coefficient (Wildman–Crippen LogP) is 3.87. The number of carbonyl (C=O) groups excluding carboxylic acids is 2. The molecule has 0 spiro atoms. The van der Waals surface area contributed by atoms with Crippen molar-refractivity contribution < 1.29 is 14.3 Å². The van der Waals surface area contributed by atoms with E-state index in [1.807, 2.05) is 6.92 Å². The number of anilines is 1. The van der Waals surface area contributed by atoms with E-state index >= 15 is 0 Å². The summed E-state index contributed by atoms with van der Waals surface area (Å²) in [5.74, 6) is 0.133. The smallest absolute Gasteiger partial charge is 0.262 e. The number of nitrogens with one attached hydrogen (secondary N) is 1. The Morgan fingerprint density at radius 1 is 1.18 bits per heavy atom. The van der Waals surface area contributed by atoms with Crippen LogP contribution in [-0.4, -0.2) is 18.3 Å². The minimum absolute atomic E-state index is 0.0514. The van der Waals surface area contributed by atoms with Gasteiger partial charge >= 0.3 is 0 Å². The van der Waals surface area contributed by atoms with Crippen LogP contribution in [0.3, 0.4) is 0 Å². The number of rotatable bonds is 5. The van der Waals surface area contributed by atoms with Crippen molar-refractivity contribution in [3.8, 4) is 5.75 Å². The number of halogens is 1. The number of hydrogen-bond acceptors (Lipinski definition) is 3. The average molecular weight is 318 g/mol. The SMILES string of the molecule is CC(=O)c1cccc(OCC(=O)Nc2cccc(Cl)c2C)c1. The molecule has 2 rings (SSSR count). The Balaban J connectivity index is 1.97. The third-order valence-corrected chi connectivity index (χ3v) is 3.56. The molecule has 0 bridgehead atoms. The second kappa shape index (κ2) is 7.09. The molecule has 0 aromatic heterocycles. The van der Waals surface area contributed by atoms with Crippen LogP contribution in [0.1, 0.15) is 22.8 Å². The zero-order valence-corrected chi connectivity index (χ0v) is 13.1. The first-order valence-corrected chi connectivity index (χ1v) is 7.14. The summed E-state index contributed by atoms with van der Waals surface area (Å²) in [4.78, 5) is 23.2. The molecule has 4 nitrogen and oxygen atoms in total. The molecule has 2 aromatic rings. The van der Waals surface area contributed by atoms with E-state index in [2.05, 4.69) is 5.32 Å². The third kappa shape index (κ3) is 4.09. The van der Waals surface area contributed by atoms with Crippen molar-refractivity contribution in [3.05, 3.63) is 58.6 Å². The topological polar surface area (TPSA) is 55.4 Å². The van der Waals surface area contributed by atoms with Crippen molar-refractivity contribution in [2.24, 2.45) is 0 Å². The lowest BCUT2D eigenvalue weighted by atomic mass is 10.1. The normalized spacial score (nSPS) is 10.1. The van der Waals surface area contributed by atoms with Crippen LogP contribution >= 0.6 is 11.6 Å². The van der Waals surface area contributed by atoms with E-state index in [9.17, 15) is 9.59 Å². The van der Waals surface area contributed by atoms with Crippen LogP contribution < -0.4 is 10.1 Å². The number of hydrogen-bond donors (Lipinski definition) is 1. The maximum absolute atomic E-state index is 11.9. The minimum Gasteiger partial charge on any atom is -0.484 e. The van der Waals surface area contributed by atoms with Crippen LogP contribution in [0.5, 0.6) is 5.75 Å². The van der Waals surface area contributed by atoms with Gasteiger partial charge in [0.05, 0.1) is 0 Å². The van der Waals surface area contributed by atoms with Crippen LogP contribution in [0.4, 0.5) is 5.69 Å². The molecule has 114 valence electrons. The van der Waals surface area contributed by atoms with Crippen molar-refractivity contribution in [2.75, 3.05) is 11.9 Å². The number of ketones is 1. The number of Topliss-reactive ketones (excluding diaryl/α,β-unsaturated/α-hetero) is 1. The Kier molecular flexibility index (Phi) is 5.17. The Bertz CT molecular complexity index is 713. The highest BCUT2D eigenvalue weighted by atomic mass is 35.5. The lowest BCUT2D eigenvalue weighted by molar-refractivity contribution is -0.118. The molecule has 0 fully saturated rings. The van der Waals surface area contributed by atoms with E-state index in [-0.39, 0.29) is 18.3 Å². The van der Waals surface area contributed by atoms with Gasteiger partial charge in [0, 0.05) is 16.3 Å². The second-order valence-corrected chi connectivity index (χ2v) is 5.24. The van der Waals surface area contributed by atoms with Gasteiger partial charge in [0.15, 0.2) is 12.4 Å². The van der Waals surface area contributed by atoms with Gasteiger partial charge in [-0.1, -0.05) is 29.8 Å². The van der Waals surface area contributed by atoms with Crippen molar-refractivity contribution in [2.45, 2.75) is 13.8 Å². The number of ether oxygens (including phenoxy) is 1. The highest BCUT2D eigenvalue weighted by Crippen LogP contribution is 2.22. The highest BCUT2D eigenvalue weighted by Gasteiger charge is 2.08. The highest BCUT2D eigenvalue weighted by molar-refractivity contribution is 6.31. The molecule has 0 aliphatic heterocycles. The van der Waals surface area contributed by atoms with Gasteiger partial charge in [0.25, 0.3) is 5.91 Å². The summed E-state index contributed by atoms with van der Waals surface area (Å²) in [5.41, 5.74) is 2.00. The molecule has 0 radical (unpaired) electrons. The summed E-state index contributed by atoms with van der Waals surface area (Å²) < 4.78 is 5.40. The van der Waals surface area contributed by atoms with Gasteiger partial charge in [-0.2, -0.15) is 0 Å². The van der Waals surface area contributed by atoms with Gasteiger partial charge in [-0.15, -0.1) is 0 Å². The van der Waals surface area contributed by atoms with Gasteiger partial charge in [-0.25, -0.2) is 0 Å². The molecule has 0 aliphatic carbocycles. The van der Waals surface area contributed by atoms with E-state index in [0.717, 1.165) is 5.56 Å². The monoisotopic (exact) mass is 317 g/mol. The molecule has 1 N–H and O–H groups in total. The van der Waals surface area contributed by atoms with E-state index in [1.165, 1.54) is 6.92 Å². The fourth-order valence-corrected chi connectivity index (χ4v) is 2.06. The molecule has 0 saturated heterocycles. The Morgan fingerprint density at radius 2 is 1.91 bits per heavy atom. The molecule has 2 aromatic carbocycles. The van der Waals surface area contributed by atoms with E-state index in [0.29, 0.717) is 22.0 Å². The molecular formula is C17H16ClNO3. The molecule has 0 unspecified atom stereocenters. The van der Waals surface area contributed by atoms with Crippen LogP contribution in [0, 0.1) is 6.92 Å². The van der Waals surface area contributed by atoms with E-state index in [4.69, 9.17) is 16.3 Å². The molecule has 0 heterocycles. The molecule has 0 atom stereocenters. The largest absolute Gasteiger partial charge is 0.484 e. The summed E-state index contributed by atoms with van der Waals surface area (Å²) in [7, 11) is 0. The first kappa shape index (κ1) is 16.0. The summed E-state index contributed by atoms with van der Waals surface area (Å²) in [6, 6.07) is 12.0. The maximum Gasteiger partial charge on any atom is 0.262 e. The second-order valence-electron chi connectivity index (χ2n) is 4.83. The average Bonchev–Trinajstić information content (AvgIpc) is 2.50. The number of carbonyl (C=O) groups is 2. The minimum atomic E-state index is -0.293. The molecule has 5 heteroatoms. The quantitative estimate of drug-likeness (QED) is 0.852. The molecular weight excluding hydrogens is 302 g/mol. The fourth-order valence-electron chi connectivity index (χ4n) is 1.88. The van der Waals surface area contributed by atoms with Crippen LogP contribution in [0.2, 0.25) is 5.02 Å². The number of amides is 1. The van der Waals surface area contributed by atoms with E-state index < -0.39 is 0 Å². The van der Waals surface area contributed by atoms with Gasteiger partial charge in [-0.05, 0) is 43.7 Å². The van der Waals surface area contributed by atoms with Crippen LogP contribution in [0.25, 0.3) is 0 Å². The fraction of sp³-hybridized carbons (Fsp3) is 0.176. The first-order chi connectivity index (χ1) is 10.5. The molecule has 1 amide bonds. The Hall–Kier alpha value is -2.33. The van der Waals surface area contributed by atoms with Crippen molar-refractivity contribution >= 4 is 29.0 Å². The Morgan fingerprint density at radius 3 is 2.64 bits per heavy atom.